The van der Waals surface area contributed by atoms with Crippen molar-refractivity contribution in [1.82, 2.24) is 10.6 Å². The van der Waals surface area contributed by atoms with Crippen LogP contribution >= 0.6 is 0 Å². The van der Waals surface area contributed by atoms with Gasteiger partial charge in [-0.15, -0.1) is 0 Å². The molecule has 2 heterocycles. The van der Waals surface area contributed by atoms with Gasteiger partial charge >= 0.3 is 6.03 Å². The Morgan fingerprint density at radius 2 is 1.90 bits per heavy atom. The van der Waals surface area contributed by atoms with Crippen molar-refractivity contribution < 1.29 is 14.3 Å². The second kappa shape index (κ2) is 6.31. The zero-order chi connectivity index (χ0) is 14.8. The lowest BCUT2D eigenvalue weighted by atomic mass is 9.81. The van der Waals surface area contributed by atoms with Crippen LogP contribution in [0.15, 0.2) is 0 Å². The van der Waals surface area contributed by atoms with Crippen LogP contribution in [0.2, 0.25) is 0 Å². The molecule has 116 valence electrons. The average Bonchev–Trinajstić information content (AvgIpc) is 2.96. The average molecular weight is 284 g/mol. The Bertz CT molecular complexity index is 341. The number of carbonyl (C=O) groups excluding carboxylic acids is 1. The molecule has 2 aliphatic heterocycles. The normalized spacial score (nSPS) is 34.2. The Morgan fingerprint density at radius 3 is 2.50 bits per heavy atom. The van der Waals surface area contributed by atoms with E-state index < -0.39 is 0 Å². The van der Waals surface area contributed by atoms with Gasteiger partial charge in [-0.25, -0.2) is 4.79 Å². The van der Waals surface area contributed by atoms with Gasteiger partial charge in [-0.05, 0) is 25.2 Å². The molecule has 20 heavy (non-hydrogen) atoms. The van der Waals surface area contributed by atoms with Crippen molar-refractivity contribution in [3.8, 4) is 0 Å². The molecule has 0 unspecified atom stereocenters. The smallest absolute Gasteiger partial charge is 0.315 e. The summed E-state index contributed by atoms with van der Waals surface area (Å²) in [6, 6.07) is 0.0418. The number of nitrogens with one attached hydrogen (secondary N) is 2. The summed E-state index contributed by atoms with van der Waals surface area (Å²) in [6.45, 7) is 10.8. The third-order valence-corrected chi connectivity index (χ3v) is 4.29. The predicted octanol–water partition coefficient (Wildman–Crippen LogP) is 1.91. The molecule has 0 aromatic rings. The Hall–Kier alpha value is -0.810. The number of hydrogen-bond acceptors (Lipinski definition) is 3. The highest BCUT2D eigenvalue weighted by Gasteiger charge is 2.37. The summed E-state index contributed by atoms with van der Waals surface area (Å²) in [5, 5.41) is 5.98. The Kier molecular flexibility index (Phi) is 4.91. The maximum absolute atomic E-state index is 11.9. The first-order valence-corrected chi connectivity index (χ1v) is 7.65. The number of ether oxygens (including phenoxy) is 2. The Labute approximate surface area is 121 Å². The van der Waals surface area contributed by atoms with Crippen LogP contribution in [0.25, 0.3) is 0 Å². The molecule has 0 saturated carbocycles. The van der Waals surface area contributed by atoms with Crippen LogP contribution in [0.1, 0.15) is 40.5 Å². The molecule has 0 aliphatic carbocycles. The summed E-state index contributed by atoms with van der Waals surface area (Å²) in [5.41, 5.74) is 0.118. The van der Waals surface area contributed by atoms with Gasteiger partial charge in [0, 0.05) is 25.7 Å². The number of hydrogen-bond donors (Lipinski definition) is 2. The number of urea groups is 1. The molecule has 2 rings (SSSR count). The van der Waals surface area contributed by atoms with Gasteiger partial charge in [-0.2, -0.15) is 0 Å². The SMILES string of the molecule is C[C@H]1OCC[C@@H]1NC(=O)NC[C@H]1CCO[C@@H]1C(C)(C)C. The maximum Gasteiger partial charge on any atom is 0.315 e. The lowest BCUT2D eigenvalue weighted by Gasteiger charge is -2.31. The van der Waals surface area contributed by atoms with E-state index in [-0.39, 0.29) is 29.7 Å². The standard InChI is InChI=1S/C15H28N2O3/c1-10-12(6-8-19-10)17-14(18)16-9-11-5-7-20-13(11)15(2,3)4/h10-13H,5-9H2,1-4H3,(H2,16,17,18)/t10-,11-,12+,13+/m1/s1. The molecule has 0 aromatic heterocycles. The summed E-state index contributed by atoms with van der Waals surface area (Å²) in [6.07, 6.45) is 2.24. The molecular weight excluding hydrogens is 256 g/mol. The van der Waals surface area contributed by atoms with Crippen molar-refractivity contribution in [3.63, 3.8) is 0 Å². The van der Waals surface area contributed by atoms with E-state index in [1.165, 1.54) is 0 Å². The molecule has 2 amide bonds. The van der Waals surface area contributed by atoms with Gasteiger partial charge in [-0.3, -0.25) is 0 Å². The van der Waals surface area contributed by atoms with Gasteiger partial charge in [0.2, 0.25) is 0 Å². The summed E-state index contributed by atoms with van der Waals surface area (Å²) < 4.78 is 11.3. The third kappa shape index (κ3) is 3.85. The fourth-order valence-electron chi connectivity index (χ4n) is 3.16. The van der Waals surface area contributed by atoms with E-state index in [4.69, 9.17) is 9.47 Å². The fraction of sp³-hybridized carbons (Fsp3) is 0.933. The van der Waals surface area contributed by atoms with Crippen LogP contribution < -0.4 is 10.6 Å². The third-order valence-electron chi connectivity index (χ3n) is 4.29. The zero-order valence-corrected chi connectivity index (χ0v) is 13.1. The van der Waals surface area contributed by atoms with Gasteiger partial charge in [0.25, 0.3) is 0 Å². The number of amides is 2. The summed E-state index contributed by atoms with van der Waals surface area (Å²) >= 11 is 0. The molecule has 2 aliphatic rings. The van der Waals surface area contributed by atoms with Gasteiger partial charge in [-0.1, -0.05) is 20.8 Å². The fourth-order valence-corrected chi connectivity index (χ4v) is 3.16. The summed E-state index contributed by atoms with van der Waals surface area (Å²) in [4.78, 5) is 11.9. The highest BCUT2D eigenvalue weighted by atomic mass is 16.5. The van der Waals surface area contributed by atoms with E-state index in [0.717, 1.165) is 26.1 Å². The molecule has 5 nitrogen and oxygen atoms in total. The lowest BCUT2D eigenvalue weighted by molar-refractivity contribution is 0.00772. The van der Waals surface area contributed by atoms with E-state index in [1.54, 1.807) is 0 Å². The quantitative estimate of drug-likeness (QED) is 0.832. The van der Waals surface area contributed by atoms with Gasteiger partial charge < -0.3 is 20.1 Å². The molecule has 0 bridgehead atoms. The Morgan fingerprint density at radius 1 is 1.20 bits per heavy atom. The first-order valence-electron chi connectivity index (χ1n) is 7.65. The van der Waals surface area contributed by atoms with E-state index in [9.17, 15) is 4.79 Å². The van der Waals surface area contributed by atoms with E-state index in [0.29, 0.717) is 12.5 Å². The van der Waals surface area contributed by atoms with Crippen molar-refractivity contribution in [2.24, 2.45) is 11.3 Å². The molecule has 2 fully saturated rings. The zero-order valence-electron chi connectivity index (χ0n) is 13.1. The molecule has 0 radical (unpaired) electrons. The first kappa shape index (κ1) is 15.6. The minimum absolute atomic E-state index is 0.0908. The van der Waals surface area contributed by atoms with Crippen molar-refractivity contribution in [2.75, 3.05) is 19.8 Å². The molecule has 0 aromatic carbocycles. The van der Waals surface area contributed by atoms with E-state index >= 15 is 0 Å². The minimum atomic E-state index is -0.0908. The lowest BCUT2D eigenvalue weighted by Crippen LogP contribution is -2.47. The van der Waals surface area contributed by atoms with E-state index in [1.807, 2.05) is 6.92 Å². The van der Waals surface area contributed by atoms with Crippen LogP contribution in [0.5, 0.6) is 0 Å². The van der Waals surface area contributed by atoms with Crippen molar-refractivity contribution in [3.05, 3.63) is 0 Å². The van der Waals surface area contributed by atoms with Crippen LogP contribution in [0.4, 0.5) is 4.79 Å². The van der Waals surface area contributed by atoms with Crippen LogP contribution in [-0.2, 0) is 9.47 Å². The Balaban J connectivity index is 1.75. The van der Waals surface area contributed by atoms with Gasteiger partial charge in [0.05, 0.1) is 18.2 Å². The van der Waals surface area contributed by atoms with Gasteiger partial charge in [0.1, 0.15) is 0 Å². The molecule has 5 heteroatoms. The molecule has 4 atom stereocenters. The summed E-state index contributed by atoms with van der Waals surface area (Å²) in [5.74, 6) is 0.401. The number of carbonyl (C=O) groups is 1. The highest BCUT2D eigenvalue weighted by Crippen LogP contribution is 2.34. The highest BCUT2D eigenvalue weighted by molar-refractivity contribution is 5.74. The van der Waals surface area contributed by atoms with Crippen molar-refractivity contribution in [1.29, 1.82) is 0 Å². The molecule has 2 saturated heterocycles. The van der Waals surface area contributed by atoms with Crippen LogP contribution in [-0.4, -0.2) is 44.0 Å². The molecular formula is C15H28N2O3. The van der Waals surface area contributed by atoms with Gasteiger partial charge in [0.15, 0.2) is 0 Å². The predicted molar refractivity (Wildman–Crippen MR) is 77.7 cm³/mol. The number of rotatable bonds is 3. The van der Waals surface area contributed by atoms with Crippen molar-refractivity contribution >= 4 is 6.03 Å². The second-order valence-electron chi connectivity index (χ2n) is 7.03. The summed E-state index contributed by atoms with van der Waals surface area (Å²) in [7, 11) is 0. The monoisotopic (exact) mass is 284 g/mol. The van der Waals surface area contributed by atoms with Crippen molar-refractivity contribution in [2.45, 2.75) is 58.8 Å². The topological polar surface area (TPSA) is 59.6 Å². The van der Waals surface area contributed by atoms with Crippen LogP contribution in [0.3, 0.4) is 0 Å². The van der Waals surface area contributed by atoms with E-state index in [2.05, 4.69) is 31.4 Å². The second-order valence-corrected chi connectivity index (χ2v) is 7.03. The minimum Gasteiger partial charge on any atom is -0.377 e. The first-order chi connectivity index (χ1) is 9.38. The molecule has 2 N–H and O–H groups in total. The largest absolute Gasteiger partial charge is 0.377 e. The molecule has 0 spiro atoms. The van der Waals surface area contributed by atoms with Crippen LogP contribution in [0, 0.1) is 11.3 Å². The maximum atomic E-state index is 11.9.